The van der Waals surface area contributed by atoms with Crippen molar-refractivity contribution in [1.82, 2.24) is 5.32 Å². The lowest BCUT2D eigenvalue weighted by Gasteiger charge is -2.16. The van der Waals surface area contributed by atoms with Gasteiger partial charge in [-0.25, -0.2) is 4.79 Å². The van der Waals surface area contributed by atoms with Gasteiger partial charge in [-0.1, -0.05) is 0 Å². The summed E-state index contributed by atoms with van der Waals surface area (Å²) in [5, 5.41) is 11.1. The Morgan fingerprint density at radius 2 is 2.10 bits per heavy atom. The van der Waals surface area contributed by atoms with E-state index in [4.69, 9.17) is 14.6 Å². The molecular formula is C14H17NO5. The summed E-state index contributed by atoms with van der Waals surface area (Å²) in [7, 11) is 3.02. The Morgan fingerprint density at radius 3 is 2.65 bits per heavy atom. The van der Waals surface area contributed by atoms with Gasteiger partial charge < -0.3 is 19.9 Å². The van der Waals surface area contributed by atoms with Crippen LogP contribution >= 0.6 is 0 Å². The predicted molar refractivity (Wildman–Crippen MR) is 73.8 cm³/mol. The van der Waals surface area contributed by atoms with Crippen LogP contribution in [0.5, 0.6) is 11.5 Å². The number of amides is 1. The number of rotatable bonds is 6. The molecule has 0 spiro atoms. The van der Waals surface area contributed by atoms with E-state index in [1.54, 1.807) is 25.1 Å². The minimum atomic E-state index is -1.06. The number of likely N-dealkylation sites (N-methyl/N-ethyl adjacent to an activating group) is 1. The quantitative estimate of drug-likeness (QED) is 0.767. The molecule has 6 heteroatoms. The molecule has 6 nitrogen and oxygen atoms in total. The van der Waals surface area contributed by atoms with E-state index in [0.717, 1.165) is 6.08 Å². The number of hydrogen-bond acceptors (Lipinski definition) is 4. The molecule has 0 aromatic heterocycles. The van der Waals surface area contributed by atoms with E-state index in [1.165, 1.54) is 20.2 Å². The van der Waals surface area contributed by atoms with E-state index in [1.807, 2.05) is 0 Å². The zero-order valence-electron chi connectivity index (χ0n) is 11.5. The predicted octanol–water partition coefficient (Wildman–Crippen LogP) is 1.31. The Labute approximate surface area is 117 Å². The van der Waals surface area contributed by atoms with Gasteiger partial charge in [0, 0.05) is 24.8 Å². The number of nitrogens with one attached hydrogen (secondary N) is 1. The molecule has 0 saturated heterocycles. The molecule has 0 heterocycles. The van der Waals surface area contributed by atoms with Crippen molar-refractivity contribution < 1.29 is 24.2 Å². The van der Waals surface area contributed by atoms with E-state index in [0.29, 0.717) is 17.1 Å². The highest BCUT2D eigenvalue weighted by atomic mass is 16.5. The molecule has 0 aliphatic carbocycles. The third kappa shape index (κ3) is 4.31. The molecule has 20 heavy (non-hydrogen) atoms. The van der Waals surface area contributed by atoms with E-state index in [9.17, 15) is 9.59 Å². The maximum absolute atomic E-state index is 11.5. The van der Waals surface area contributed by atoms with Crippen LogP contribution in [0.1, 0.15) is 12.5 Å². The van der Waals surface area contributed by atoms with Gasteiger partial charge in [-0.05, 0) is 25.1 Å². The maximum Gasteiger partial charge on any atom is 0.328 e. The van der Waals surface area contributed by atoms with E-state index in [-0.39, 0.29) is 5.91 Å². The van der Waals surface area contributed by atoms with Gasteiger partial charge in [0.2, 0.25) is 0 Å². The number of hydrogen-bond donors (Lipinski definition) is 2. The average Bonchev–Trinajstić information content (AvgIpc) is 2.44. The zero-order valence-corrected chi connectivity index (χ0v) is 11.5. The summed E-state index contributed by atoms with van der Waals surface area (Å²) in [5.74, 6) is -0.415. The molecule has 0 bridgehead atoms. The van der Waals surface area contributed by atoms with Crippen LogP contribution < -0.4 is 14.8 Å². The van der Waals surface area contributed by atoms with E-state index in [2.05, 4.69) is 5.32 Å². The highest BCUT2D eigenvalue weighted by molar-refractivity contribution is 5.86. The molecule has 2 N–H and O–H groups in total. The highest BCUT2D eigenvalue weighted by Crippen LogP contribution is 2.27. The van der Waals surface area contributed by atoms with Crippen LogP contribution in [0.15, 0.2) is 24.3 Å². The maximum atomic E-state index is 11.5. The SMILES string of the molecule is CNC(=O)C(C)Oc1cc(OC)ccc1/C=C/C(=O)O. The van der Waals surface area contributed by atoms with E-state index < -0.39 is 12.1 Å². The van der Waals surface area contributed by atoms with Gasteiger partial charge in [0.15, 0.2) is 6.10 Å². The number of methoxy groups -OCH3 is 1. The second-order valence-corrected chi connectivity index (χ2v) is 3.95. The van der Waals surface area contributed by atoms with Crippen molar-refractivity contribution in [3.05, 3.63) is 29.8 Å². The minimum Gasteiger partial charge on any atom is -0.497 e. The standard InChI is InChI=1S/C14H17NO5/c1-9(14(18)15-2)20-12-8-11(19-3)6-4-10(12)5-7-13(16)17/h4-9H,1-3H3,(H,15,18)(H,16,17)/b7-5+. The van der Waals surface area contributed by atoms with Crippen molar-refractivity contribution in [2.75, 3.05) is 14.2 Å². The summed E-state index contributed by atoms with van der Waals surface area (Å²) in [5.41, 5.74) is 0.545. The zero-order chi connectivity index (χ0) is 15.1. The van der Waals surface area contributed by atoms with Crippen LogP contribution in [0.3, 0.4) is 0 Å². The first-order valence-corrected chi connectivity index (χ1v) is 5.95. The van der Waals surface area contributed by atoms with Crippen molar-refractivity contribution in [3.8, 4) is 11.5 Å². The molecule has 1 aromatic rings. The van der Waals surface area contributed by atoms with Crippen LogP contribution in [0.4, 0.5) is 0 Å². The highest BCUT2D eigenvalue weighted by Gasteiger charge is 2.15. The van der Waals surface area contributed by atoms with Crippen LogP contribution in [0.25, 0.3) is 6.08 Å². The summed E-state index contributed by atoms with van der Waals surface area (Å²) in [4.78, 5) is 22.0. The Hall–Kier alpha value is -2.50. The number of aliphatic carboxylic acids is 1. The van der Waals surface area contributed by atoms with Crippen LogP contribution in [0.2, 0.25) is 0 Å². The van der Waals surface area contributed by atoms with Gasteiger partial charge in [-0.15, -0.1) is 0 Å². The topological polar surface area (TPSA) is 84.9 Å². The van der Waals surface area contributed by atoms with Crippen LogP contribution in [0, 0.1) is 0 Å². The lowest BCUT2D eigenvalue weighted by atomic mass is 10.1. The Balaban J connectivity index is 3.06. The molecule has 0 saturated carbocycles. The molecule has 1 atom stereocenters. The van der Waals surface area contributed by atoms with Crippen LogP contribution in [-0.4, -0.2) is 37.2 Å². The number of ether oxygens (including phenoxy) is 2. The fraction of sp³-hybridized carbons (Fsp3) is 0.286. The third-order valence-corrected chi connectivity index (χ3v) is 2.55. The molecule has 0 aliphatic rings. The first-order valence-electron chi connectivity index (χ1n) is 5.95. The summed E-state index contributed by atoms with van der Waals surface area (Å²) in [6.45, 7) is 1.60. The summed E-state index contributed by atoms with van der Waals surface area (Å²) >= 11 is 0. The normalized spacial score (nSPS) is 11.9. The monoisotopic (exact) mass is 279 g/mol. The number of carboxylic acids is 1. The fourth-order valence-corrected chi connectivity index (χ4v) is 1.49. The molecule has 108 valence electrons. The molecule has 1 rings (SSSR count). The molecule has 1 unspecified atom stereocenters. The molecule has 1 aromatic carbocycles. The summed E-state index contributed by atoms with van der Waals surface area (Å²) in [6, 6.07) is 4.93. The van der Waals surface area contributed by atoms with Gasteiger partial charge in [0.1, 0.15) is 11.5 Å². The number of carboxylic acid groups (broad SMARTS) is 1. The lowest BCUT2D eigenvalue weighted by Crippen LogP contribution is -2.33. The Bertz CT molecular complexity index is 524. The van der Waals surface area contributed by atoms with Crippen molar-refractivity contribution in [2.45, 2.75) is 13.0 Å². The van der Waals surface area contributed by atoms with Gasteiger partial charge in [-0.2, -0.15) is 0 Å². The first-order chi connectivity index (χ1) is 9.47. The molecule has 0 radical (unpaired) electrons. The lowest BCUT2D eigenvalue weighted by molar-refractivity contribution is -0.131. The Morgan fingerprint density at radius 1 is 1.40 bits per heavy atom. The van der Waals surface area contributed by atoms with Gasteiger partial charge in [0.05, 0.1) is 7.11 Å². The smallest absolute Gasteiger partial charge is 0.328 e. The molecular weight excluding hydrogens is 262 g/mol. The average molecular weight is 279 g/mol. The largest absolute Gasteiger partial charge is 0.497 e. The molecule has 1 amide bonds. The summed E-state index contributed by atoms with van der Waals surface area (Å²) < 4.78 is 10.6. The van der Waals surface area contributed by atoms with Crippen LogP contribution in [-0.2, 0) is 9.59 Å². The summed E-state index contributed by atoms with van der Waals surface area (Å²) in [6.07, 6.45) is 1.69. The van der Waals surface area contributed by atoms with Crippen molar-refractivity contribution >= 4 is 18.0 Å². The first kappa shape index (κ1) is 15.6. The van der Waals surface area contributed by atoms with Gasteiger partial charge >= 0.3 is 5.97 Å². The van der Waals surface area contributed by atoms with Gasteiger partial charge in [-0.3, -0.25) is 4.79 Å². The fourth-order valence-electron chi connectivity index (χ4n) is 1.49. The number of carbonyl (C=O) groups excluding carboxylic acids is 1. The third-order valence-electron chi connectivity index (χ3n) is 2.55. The van der Waals surface area contributed by atoms with Crippen molar-refractivity contribution in [3.63, 3.8) is 0 Å². The number of benzene rings is 1. The molecule has 0 aliphatic heterocycles. The van der Waals surface area contributed by atoms with Crippen molar-refractivity contribution in [2.24, 2.45) is 0 Å². The number of carbonyl (C=O) groups is 2. The Kier molecular flexibility index (Phi) is 5.58. The second-order valence-electron chi connectivity index (χ2n) is 3.95. The van der Waals surface area contributed by atoms with Gasteiger partial charge in [0.25, 0.3) is 5.91 Å². The van der Waals surface area contributed by atoms with E-state index >= 15 is 0 Å². The molecule has 0 fully saturated rings. The minimum absolute atomic E-state index is 0.277. The van der Waals surface area contributed by atoms with Crippen molar-refractivity contribution in [1.29, 1.82) is 0 Å². The second kappa shape index (κ2) is 7.18.